The quantitative estimate of drug-likeness (QED) is 0.503. The van der Waals surface area contributed by atoms with Crippen LogP contribution in [0.3, 0.4) is 0 Å². The van der Waals surface area contributed by atoms with Gasteiger partial charge in [0.2, 0.25) is 0 Å². The topological polar surface area (TPSA) is 0 Å². The van der Waals surface area contributed by atoms with Crippen molar-refractivity contribution in [3.8, 4) is 0 Å². The summed E-state index contributed by atoms with van der Waals surface area (Å²) >= 11 is 0. The Morgan fingerprint density at radius 3 is 2.79 bits per heavy atom. The fraction of sp³-hybridized carbons (Fsp3) is 0.857. The summed E-state index contributed by atoms with van der Waals surface area (Å²) in [5, 5.41) is 0. The Morgan fingerprint density at radius 2 is 2.07 bits per heavy atom. The predicted octanol–water partition coefficient (Wildman–Crippen LogP) is 4.17. The highest BCUT2D eigenvalue weighted by molar-refractivity contribution is 5.34. The second-order valence-electron chi connectivity index (χ2n) is 6.41. The molecule has 0 aromatic rings. The van der Waals surface area contributed by atoms with Crippen molar-refractivity contribution in [2.24, 2.45) is 22.7 Å². The average Bonchev–Trinajstić information content (AvgIpc) is 2.63. The summed E-state index contributed by atoms with van der Waals surface area (Å²) in [5.74, 6) is 1.95. The third-order valence-electron chi connectivity index (χ3n) is 5.69. The minimum absolute atomic E-state index is 0.535. The summed E-state index contributed by atoms with van der Waals surface area (Å²) < 4.78 is 0. The van der Waals surface area contributed by atoms with Crippen molar-refractivity contribution >= 4 is 0 Å². The van der Waals surface area contributed by atoms with Crippen molar-refractivity contribution in [3.05, 3.63) is 11.6 Å². The third kappa shape index (κ3) is 0.816. The lowest BCUT2D eigenvalue weighted by Gasteiger charge is -2.45. The zero-order valence-electron chi connectivity index (χ0n) is 9.77. The second-order valence-corrected chi connectivity index (χ2v) is 6.41. The third-order valence-corrected chi connectivity index (χ3v) is 5.69. The fourth-order valence-corrected chi connectivity index (χ4v) is 4.73. The number of hydrogen-bond donors (Lipinski definition) is 0. The van der Waals surface area contributed by atoms with Crippen LogP contribution >= 0.6 is 0 Å². The first-order valence-corrected chi connectivity index (χ1v) is 6.28. The molecule has 0 radical (unpaired) electrons. The molecule has 3 aliphatic rings. The molecule has 14 heavy (non-hydrogen) atoms. The maximum absolute atomic E-state index is 2.60. The van der Waals surface area contributed by atoms with E-state index in [1.165, 1.54) is 32.1 Å². The predicted molar refractivity (Wildman–Crippen MR) is 60.0 cm³/mol. The van der Waals surface area contributed by atoms with Gasteiger partial charge in [-0.05, 0) is 54.8 Å². The standard InChI is InChI=1S/C14H22/c1-10-5-4-6-12-13(2,3)11-7-8-14(10,12)9-11/h6,10-11H,4-5,7-9H2,1-3H3/t10-,11+,14-/m1/s1. The van der Waals surface area contributed by atoms with E-state index in [0.717, 1.165) is 11.8 Å². The Bertz CT molecular complexity index is 297. The molecule has 0 aromatic heterocycles. The fourth-order valence-electron chi connectivity index (χ4n) is 4.73. The van der Waals surface area contributed by atoms with Crippen LogP contribution in [0, 0.1) is 22.7 Å². The summed E-state index contributed by atoms with van der Waals surface area (Å²) in [7, 11) is 0. The summed E-state index contributed by atoms with van der Waals surface area (Å²) in [5.41, 5.74) is 3.04. The van der Waals surface area contributed by atoms with Gasteiger partial charge < -0.3 is 0 Å². The second kappa shape index (κ2) is 2.46. The van der Waals surface area contributed by atoms with Crippen LogP contribution in [0.4, 0.5) is 0 Å². The SMILES string of the molecule is C[C@@H]1CCC=C2C(C)(C)[C@H]3CC[C@]21C3. The molecule has 2 saturated carbocycles. The van der Waals surface area contributed by atoms with E-state index in [-0.39, 0.29) is 0 Å². The molecule has 0 N–H and O–H groups in total. The Hall–Kier alpha value is -0.260. The van der Waals surface area contributed by atoms with Gasteiger partial charge in [0.05, 0.1) is 0 Å². The van der Waals surface area contributed by atoms with Crippen LogP contribution in [0.1, 0.15) is 52.9 Å². The molecule has 0 aromatic carbocycles. The smallest absolute Gasteiger partial charge is 0.00539 e. The van der Waals surface area contributed by atoms with E-state index in [4.69, 9.17) is 0 Å². The number of allylic oxidation sites excluding steroid dienone is 2. The Balaban J connectivity index is 2.13. The molecule has 78 valence electrons. The molecule has 0 aliphatic heterocycles. The minimum Gasteiger partial charge on any atom is -0.0842 e. The van der Waals surface area contributed by atoms with Gasteiger partial charge in [-0.15, -0.1) is 0 Å². The molecule has 3 aliphatic carbocycles. The van der Waals surface area contributed by atoms with Crippen LogP contribution in [0.5, 0.6) is 0 Å². The Kier molecular flexibility index (Phi) is 1.58. The highest BCUT2D eigenvalue weighted by atomic mass is 14.6. The van der Waals surface area contributed by atoms with E-state index < -0.39 is 0 Å². The molecule has 2 fully saturated rings. The van der Waals surface area contributed by atoms with Gasteiger partial charge in [0, 0.05) is 0 Å². The van der Waals surface area contributed by atoms with E-state index >= 15 is 0 Å². The lowest BCUT2D eigenvalue weighted by Crippen LogP contribution is -2.34. The average molecular weight is 190 g/mol. The van der Waals surface area contributed by atoms with Crippen molar-refractivity contribution in [1.29, 1.82) is 0 Å². The van der Waals surface area contributed by atoms with E-state index in [1.807, 2.05) is 5.57 Å². The van der Waals surface area contributed by atoms with Crippen LogP contribution in [-0.4, -0.2) is 0 Å². The molecule has 1 spiro atoms. The summed E-state index contributed by atoms with van der Waals surface area (Å²) in [4.78, 5) is 0. The van der Waals surface area contributed by atoms with Gasteiger partial charge in [0.15, 0.2) is 0 Å². The molecule has 0 heteroatoms. The van der Waals surface area contributed by atoms with E-state index in [1.54, 1.807) is 0 Å². The first-order chi connectivity index (χ1) is 6.57. The van der Waals surface area contributed by atoms with Crippen molar-refractivity contribution < 1.29 is 0 Å². The maximum atomic E-state index is 2.60. The maximum Gasteiger partial charge on any atom is -0.00539 e. The van der Waals surface area contributed by atoms with Crippen LogP contribution < -0.4 is 0 Å². The van der Waals surface area contributed by atoms with Gasteiger partial charge in [-0.3, -0.25) is 0 Å². The molecule has 3 rings (SSSR count). The zero-order chi connectivity index (χ0) is 9.97. The molecular weight excluding hydrogens is 168 g/mol. The van der Waals surface area contributed by atoms with Gasteiger partial charge in [-0.2, -0.15) is 0 Å². The first kappa shape index (κ1) is 9.00. The van der Waals surface area contributed by atoms with Crippen LogP contribution in [0.25, 0.3) is 0 Å². The molecule has 0 heterocycles. The number of rotatable bonds is 0. The van der Waals surface area contributed by atoms with Crippen molar-refractivity contribution in [3.63, 3.8) is 0 Å². The summed E-state index contributed by atoms with van der Waals surface area (Å²) in [6, 6.07) is 0. The van der Waals surface area contributed by atoms with E-state index in [0.29, 0.717) is 10.8 Å². The van der Waals surface area contributed by atoms with Crippen LogP contribution in [0.15, 0.2) is 11.6 Å². The Morgan fingerprint density at radius 1 is 1.29 bits per heavy atom. The molecule has 3 atom stereocenters. The summed E-state index contributed by atoms with van der Waals surface area (Å²) in [6.45, 7) is 7.47. The van der Waals surface area contributed by atoms with Gasteiger partial charge >= 0.3 is 0 Å². The van der Waals surface area contributed by atoms with E-state index in [9.17, 15) is 0 Å². The molecular formula is C14H22. The van der Waals surface area contributed by atoms with Crippen molar-refractivity contribution in [2.45, 2.75) is 52.9 Å². The van der Waals surface area contributed by atoms with Crippen molar-refractivity contribution in [2.75, 3.05) is 0 Å². The van der Waals surface area contributed by atoms with Gasteiger partial charge in [0.25, 0.3) is 0 Å². The number of fused-ring (bicyclic) bond motifs is 1. The van der Waals surface area contributed by atoms with Gasteiger partial charge in [0.1, 0.15) is 0 Å². The van der Waals surface area contributed by atoms with Gasteiger partial charge in [-0.25, -0.2) is 0 Å². The lowest BCUT2D eigenvalue weighted by atomic mass is 9.60. The van der Waals surface area contributed by atoms with Crippen molar-refractivity contribution in [1.82, 2.24) is 0 Å². The molecule has 0 unspecified atom stereocenters. The van der Waals surface area contributed by atoms with Crippen LogP contribution in [-0.2, 0) is 0 Å². The largest absolute Gasteiger partial charge is 0.0842 e. The highest BCUT2D eigenvalue weighted by Gasteiger charge is 2.60. The summed E-state index contributed by atoms with van der Waals surface area (Å²) in [6.07, 6.45) is 9.87. The van der Waals surface area contributed by atoms with Gasteiger partial charge in [-0.1, -0.05) is 32.4 Å². The van der Waals surface area contributed by atoms with Crippen LogP contribution in [0.2, 0.25) is 0 Å². The number of hydrogen-bond acceptors (Lipinski definition) is 0. The normalized spacial score (nSPS) is 48.9. The zero-order valence-corrected chi connectivity index (χ0v) is 9.77. The van der Waals surface area contributed by atoms with E-state index in [2.05, 4.69) is 26.8 Å². The Labute approximate surface area is 87.8 Å². The molecule has 0 amide bonds. The lowest BCUT2D eigenvalue weighted by molar-refractivity contribution is 0.190. The molecule has 2 bridgehead atoms. The molecule has 0 saturated heterocycles. The first-order valence-electron chi connectivity index (χ1n) is 6.28. The minimum atomic E-state index is 0.535. The highest BCUT2D eigenvalue weighted by Crippen LogP contribution is 2.70. The molecule has 0 nitrogen and oxygen atoms in total. The monoisotopic (exact) mass is 190 g/mol.